The van der Waals surface area contributed by atoms with Gasteiger partial charge in [0.05, 0.1) is 0 Å². The van der Waals surface area contributed by atoms with E-state index in [1.807, 2.05) is 6.92 Å². The van der Waals surface area contributed by atoms with E-state index >= 15 is 0 Å². The van der Waals surface area contributed by atoms with Crippen molar-refractivity contribution in [3.8, 4) is 0 Å². The van der Waals surface area contributed by atoms with Crippen LogP contribution in [0.3, 0.4) is 0 Å². The van der Waals surface area contributed by atoms with Crippen molar-refractivity contribution in [2.45, 2.75) is 49.8 Å². The summed E-state index contributed by atoms with van der Waals surface area (Å²) in [4.78, 5) is 12.5. The van der Waals surface area contributed by atoms with Gasteiger partial charge in [-0.2, -0.15) is 0 Å². The average molecular weight is 310 g/mol. The fraction of sp³-hybridized carbons (Fsp3) is 0.429. The van der Waals surface area contributed by atoms with E-state index in [0.29, 0.717) is 22.8 Å². The number of nitrogens with zero attached hydrogens (tertiary/aromatic N) is 2. The zero-order chi connectivity index (χ0) is 15.6. The molecule has 0 saturated heterocycles. The van der Waals surface area contributed by atoms with Crippen molar-refractivity contribution in [1.29, 1.82) is 0 Å². The van der Waals surface area contributed by atoms with Crippen LogP contribution >= 0.6 is 11.8 Å². The number of hydrogen-bond donors (Lipinski definition) is 2. The zero-order valence-electron chi connectivity index (χ0n) is 12.3. The van der Waals surface area contributed by atoms with Gasteiger partial charge in [-0.25, -0.2) is 14.3 Å². The molecule has 1 aromatic carbocycles. The van der Waals surface area contributed by atoms with Gasteiger partial charge in [-0.1, -0.05) is 6.92 Å². The van der Waals surface area contributed by atoms with Crippen LogP contribution in [-0.2, 0) is 6.54 Å². The molecule has 114 valence electrons. The number of halogens is 1. The molecule has 2 aromatic rings. The van der Waals surface area contributed by atoms with Crippen LogP contribution < -0.4 is 11.4 Å². The minimum Gasteiger partial charge on any atom is -0.324 e. The first kappa shape index (κ1) is 15.8. The highest BCUT2D eigenvalue weighted by atomic mass is 32.2. The summed E-state index contributed by atoms with van der Waals surface area (Å²) in [6.45, 7) is 6.08. The van der Waals surface area contributed by atoms with Crippen molar-refractivity contribution < 1.29 is 4.39 Å². The lowest BCUT2D eigenvalue weighted by Gasteiger charge is -2.14. The second kappa shape index (κ2) is 6.44. The molecule has 5 nitrogen and oxygen atoms in total. The van der Waals surface area contributed by atoms with Crippen molar-refractivity contribution in [3.05, 3.63) is 39.6 Å². The monoisotopic (exact) mass is 310 g/mol. The molecule has 0 aliphatic heterocycles. The first-order valence-electron chi connectivity index (χ1n) is 6.82. The van der Waals surface area contributed by atoms with Crippen molar-refractivity contribution >= 4 is 11.8 Å². The van der Waals surface area contributed by atoms with E-state index in [9.17, 15) is 9.18 Å². The molecule has 0 saturated carbocycles. The molecule has 0 amide bonds. The molecule has 1 heterocycles. The molecule has 2 rings (SSSR count). The maximum atomic E-state index is 13.7. The number of aromatic amines is 1. The molecule has 0 fully saturated rings. The predicted molar refractivity (Wildman–Crippen MR) is 81.0 cm³/mol. The topological polar surface area (TPSA) is 76.7 Å². The third-order valence-electron chi connectivity index (χ3n) is 3.15. The van der Waals surface area contributed by atoms with Gasteiger partial charge in [-0.15, -0.1) is 5.10 Å². The third kappa shape index (κ3) is 3.36. The summed E-state index contributed by atoms with van der Waals surface area (Å²) in [5, 5.41) is 7.05. The Morgan fingerprint density at radius 2 is 2.24 bits per heavy atom. The molecular weight excluding hydrogens is 291 g/mol. The highest BCUT2D eigenvalue weighted by molar-refractivity contribution is 7.99. The van der Waals surface area contributed by atoms with E-state index in [0.717, 1.165) is 11.3 Å². The zero-order valence-corrected chi connectivity index (χ0v) is 13.1. The highest BCUT2D eigenvalue weighted by Gasteiger charge is 2.16. The number of nitrogens with one attached hydrogen (secondary N) is 1. The van der Waals surface area contributed by atoms with Crippen LogP contribution in [0.4, 0.5) is 4.39 Å². The number of rotatable bonds is 5. The smallest absolute Gasteiger partial charge is 0.324 e. The fourth-order valence-electron chi connectivity index (χ4n) is 2.01. The van der Waals surface area contributed by atoms with Crippen LogP contribution in [0.5, 0.6) is 0 Å². The van der Waals surface area contributed by atoms with E-state index < -0.39 is 0 Å². The maximum Gasteiger partial charge on any atom is 0.343 e. The normalized spacial score (nSPS) is 12.6. The summed E-state index contributed by atoms with van der Waals surface area (Å²) in [5.74, 6) is -0.278. The second-order valence-electron chi connectivity index (χ2n) is 4.99. The summed E-state index contributed by atoms with van der Waals surface area (Å²) in [6.07, 6.45) is 0.829. The van der Waals surface area contributed by atoms with E-state index in [2.05, 4.69) is 10.2 Å². The Hall–Kier alpha value is -1.60. The number of benzene rings is 1. The quantitative estimate of drug-likeness (QED) is 0.890. The molecule has 0 unspecified atom stereocenters. The lowest BCUT2D eigenvalue weighted by molar-refractivity contribution is 0.602. The third-order valence-corrected chi connectivity index (χ3v) is 4.22. The fourth-order valence-corrected chi connectivity index (χ4v) is 3.19. The van der Waals surface area contributed by atoms with Crippen LogP contribution in [0.25, 0.3) is 0 Å². The van der Waals surface area contributed by atoms with Gasteiger partial charge in [0.15, 0.2) is 5.16 Å². The van der Waals surface area contributed by atoms with Gasteiger partial charge in [-0.3, -0.25) is 4.57 Å². The summed E-state index contributed by atoms with van der Waals surface area (Å²) < 4.78 is 15.3. The molecule has 3 N–H and O–H groups in total. The van der Waals surface area contributed by atoms with Gasteiger partial charge in [0.1, 0.15) is 5.82 Å². The number of aromatic nitrogens is 3. The molecule has 1 aromatic heterocycles. The molecule has 0 spiro atoms. The molecular formula is C14H19FN4OS. The van der Waals surface area contributed by atoms with Gasteiger partial charge in [0, 0.05) is 17.5 Å². The van der Waals surface area contributed by atoms with Crippen LogP contribution in [0.2, 0.25) is 0 Å². The number of aryl methyl sites for hydroxylation is 1. The lowest BCUT2D eigenvalue weighted by atomic mass is 10.1. The highest BCUT2D eigenvalue weighted by Crippen LogP contribution is 2.33. The van der Waals surface area contributed by atoms with Crippen molar-refractivity contribution in [1.82, 2.24) is 14.8 Å². The van der Waals surface area contributed by atoms with E-state index in [-0.39, 0.29) is 17.5 Å². The van der Waals surface area contributed by atoms with Crippen molar-refractivity contribution in [2.24, 2.45) is 5.73 Å². The number of H-pyrrole nitrogens is 1. The van der Waals surface area contributed by atoms with Crippen LogP contribution in [0, 0.1) is 12.7 Å². The van der Waals surface area contributed by atoms with Gasteiger partial charge in [-0.05, 0) is 55.3 Å². The predicted octanol–water partition coefficient (Wildman–Crippen LogP) is 2.60. The number of hydrogen-bond acceptors (Lipinski definition) is 4. The minimum absolute atomic E-state index is 0.236. The van der Waals surface area contributed by atoms with E-state index in [1.54, 1.807) is 24.5 Å². The lowest BCUT2D eigenvalue weighted by Crippen LogP contribution is -2.17. The summed E-state index contributed by atoms with van der Waals surface area (Å²) >= 11 is 1.33. The summed E-state index contributed by atoms with van der Waals surface area (Å²) in [5.41, 5.74) is 6.93. The minimum atomic E-state index is -0.298. The molecule has 7 heteroatoms. The molecule has 0 bridgehead atoms. The van der Waals surface area contributed by atoms with Gasteiger partial charge < -0.3 is 5.73 Å². The van der Waals surface area contributed by atoms with Crippen molar-refractivity contribution in [2.75, 3.05) is 0 Å². The summed E-state index contributed by atoms with van der Waals surface area (Å²) in [6, 6.07) is 2.90. The molecule has 0 aliphatic rings. The SMILES string of the molecule is CCCn1c(Sc2cc(C)c(F)cc2[C@@H](C)N)n[nH]c1=O. The van der Waals surface area contributed by atoms with Gasteiger partial charge in [0.25, 0.3) is 0 Å². The second-order valence-corrected chi connectivity index (χ2v) is 6.00. The molecule has 0 radical (unpaired) electrons. The Morgan fingerprint density at radius 1 is 1.52 bits per heavy atom. The average Bonchev–Trinajstić information content (AvgIpc) is 2.75. The van der Waals surface area contributed by atoms with Crippen LogP contribution in [0.15, 0.2) is 27.0 Å². The van der Waals surface area contributed by atoms with Gasteiger partial charge >= 0.3 is 5.69 Å². The summed E-state index contributed by atoms with van der Waals surface area (Å²) in [7, 11) is 0. The Balaban J connectivity index is 2.44. The Morgan fingerprint density at radius 3 is 2.86 bits per heavy atom. The van der Waals surface area contributed by atoms with E-state index in [4.69, 9.17) is 5.73 Å². The molecule has 1 atom stereocenters. The first-order valence-corrected chi connectivity index (χ1v) is 7.64. The molecule has 21 heavy (non-hydrogen) atoms. The van der Waals surface area contributed by atoms with Crippen molar-refractivity contribution in [3.63, 3.8) is 0 Å². The van der Waals surface area contributed by atoms with Crippen LogP contribution in [0.1, 0.15) is 37.4 Å². The largest absolute Gasteiger partial charge is 0.343 e. The Bertz CT molecular complexity index is 693. The Labute approximate surface area is 126 Å². The van der Waals surface area contributed by atoms with Crippen LogP contribution in [-0.4, -0.2) is 14.8 Å². The first-order chi connectivity index (χ1) is 9.93. The standard InChI is InChI=1S/C14H19FN4OS/c1-4-5-19-13(20)17-18-14(19)21-12-6-8(2)11(15)7-10(12)9(3)16/h6-7,9H,4-5,16H2,1-3H3,(H,17,20)/t9-/m1/s1. The van der Waals surface area contributed by atoms with Gasteiger partial charge in [0.2, 0.25) is 0 Å². The molecule has 0 aliphatic carbocycles. The Kier molecular flexibility index (Phi) is 4.84. The number of nitrogens with two attached hydrogens (primary N) is 1. The van der Waals surface area contributed by atoms with E-state index in [1.165, 1.54) is 17.8 Å². The maximum absolute atomic E-state index is 13.7.